The highest BCUT2D eigenvalue weighted by Crippen LogP contribution is 2.45. The van der Waals surface area contributed by atoms with Crippen LogP contribution in [-0.2, 0) is 65.4 Å². The Morgan fingerprint density at radius 3 is 0.705 bits per heavy atom. The molecule has 17 nitrogen and oxygen atoms in total. The highest BCUT2D eigenvalue weighted by atomic mass is 31.2. The molecule has 0 rings (SSSR count). The molecule has 0 saturated carbocycles. The summed E-state index contributed by atoms with van der Waals surface area (Å²) in [6.07, 6.45) is 40.8. The minimum Gasteiger partial charge on any atom is -0.462 e. The Balaban J connectivity index is 5.14. The SMILES string of the molecule is CC(C)CCCCCCCCCCCCCCCCCCC(=O)OC[C@H](COP(=O)(O)OC[C@@H](O)COP(=O)(O)OC[C@@H](COC(=O)CCCCCCCCC(C)C)OC(=O)CCCCCCCCCCC(C)C)OC(=O)CCCCCCCCC(C)C. The number of hydrogen-bond donors (Lipinski definition) is 3. The first kappa shape index (κ1) is 86.1. The lowest BCUT2D eigenvalue weighted by Gasteiger charge is -2.21. The summed E-state index contributed by atoms with van der Waals surface area (Å²) in [4.78, 5) is 72.3. The van der Waals surface area contributed by atoms with Gasteiger partial charge in [0.15, 0.2) is 12.2 Å². The molecule has 3 N–H and O–H groups in total. The molecule has 0 fully saturated rings. The molecule has 0 aliphatic rings. The fourth-order valence-electron chi connectivity index (χ4n) is 10.3. The van der Waals surface area contributed by atoms with Gasteiger partial charge < -0.3 is 33.8 Å². The zero-order valence-electron chi connectivity index (χ0n) is 57.3. The molecular weight excluding hydrogens is 1160 g/mol. The summed E-state index contributed by atoms with van der Waals surface area (Å²) in [5.74, 6) is 0.741. The van der Waals surface area contributed by atoms with Crippen molar-refractivity contribution in [3.8, 4) is 0 Å². The number of hydrogen-bond acceptors (Lipinski definition) is 15. The van der Waals surface area contributed by atoms with Crippen molar-refractivity contribution in [3.05, 3.63) is 0 Å². The van der Waals surface area contributed by atoms with Gasteiger partial charge in [-0.15, -0.1) is 0 Å². The minimum absolute atomic E-state index is 0.102. The summed E-state index contributed by atoms with van der Waals surface area (Å²) in [5, 5.41) is 10.6. The number of phosphoric acid groups is 2. The van der Waals surface area contributed by atoms with E-state index in [0.29, 0.717) is 37.5 Å². The first-order valence-electron chi connectivity index (χ1n) is 35.7. The normalized spacial score (nSPS) is 14.3. The number of esters is 4. The van der Waals surface area contributed by atoms with Crippen LogP contribution in [0.1, 0.15) is 338 Å². The molecule has 0 aromatic heterocycles. The zero-order valence-corrected chi connectivity index (χ0v) is 59.1. The fraction of sp³-hybridized carbons (Fsp3) is 0.942. The van der Waals surface area contributed by atoms with E-state index in [2.05, 4.69) is 55.4 Å². The Morgan fingerprint density at radius 1 is 0.284 bits per heavy atom. The number of carbonyl (C=O) groups excluding carboxylic acids is 4. The van der Waals surface area contributed by atoms with Crippen molar-refractivity contribution >= 4 is 39.5 Å². The predicted molar refractivity (Wildman–Crippen MR) is 354 cm³/mol. The fourth-order valence-corrected chi connectivity index (χ4v) is 11.9. The van der Waals surface area contributed by atoms with Crippen molar-refractivity contribution < 1.29 is 80.2 Å². The maximum absolute atomic E-state index is 13.0. The quantitative estimate of drug-likeness (QED) is 0.0222. The van der Waals surface area contributed by atoms with Crippen LogP contribution >= 0.6 is 15.6 Å². The first-order chi connectivity index (χ1) is 42.1. The molecule has 0 heterocycles. The van der Waals surface area contributed by atoms with Crippen molar-refractivity contribution in [3.63, 3.8) is 0 Å². The van der Waals surface area contributed by atoms with Crippen LogP contribution in [0.4, 0.5) is 0 Å². The van der Waals surface area contributed by atoms with Crippen LogP contribution in [0.3, 0.4) is 0 Å². The van der Waals surface area contributed by atoms with Gasteiger partial charge in [0.25, 0.3) is 0 Å². The molecule has 0 aliphatic heterocycles. The van der Waals surface area contributed by atoms with Gasteiger partial charge in [-0.05, 0) is 49.4 Å². The molecule has 0 bridgehead atoms. The van der Waals surface area contributed by atoms with Gasteiger partial charge in [0.2, 0.25) is 0 Å². The summed E-state index contributed by atoms with van der Waals surface area (Å²) >= 11 is 0. The number of rotatable bonds is 66. The van der Waals surface area contributed by atoms with E-state index in [1.54, 1.807) is 0 Å². The third-order valence-electron chi connectivity index (χ3n) is 15.8. The van der Waals surface area contributed by atoms with Gasteiger partial charge in [-0.1, -0.05) is 287 Å². The Labute approximate surface area is 537 Å². The second-order valence-electron chi connectivity index (χ2n) is 26.8. The summed E-state index contributed by atoms with van der Waals surface area (Å²) in [6, 6.07) is 0. The van der Waals surface area contributed by atoms with E-state index in [1.165, 1.54) is 135 Å². The van der Waals surface area contributed by atoms with E-state index >= 15 is 0 Å². The number of ether oxygens (including phenoxy) is 4. The summed E-state index contributed by atoms with van der Waals surface area (Å²) < 4.78 is 68.1. The Bertz CT molecular complexity index is 1750. The molecule has 0 saturated heterocycles. The number of unbranched alkanes of at least 4 members (excludes halogenated alkanes) is 32. The molecule has 0 aromatic rings. The van der Waals surface area contributed by atoms with E-state index in [0.717, 1.165) is 108 Å². The zero-order chi connectivity index (χ0) is 65.4. The van der Waals surface area contributed by atoms with Gasteiger partial charge in [-0.2, -0.15) is 0 Å². The Morgan fingerprint density at radius 2 is 0.477 bits per heavy atom. The number of carbonyl (C=O) groups is 4. The predicted octanol–water partition coefficient (Wildman–Crippen LogP) is 19.3. The van der Waals surface area contributed by atoms with Gasteiger partial charge >= 0.3 is 39.5 Å². The lowest BCUT2D eigenvalue weighted by molar-refractivity contribution is -0.161. The lowest BCUT2D eigenvalue weighted by atomic mass is 10.0. The molecule has 5 atom stereocenters. The molecule has 0 radical (unpaired) electrons. The third-order valence-corrected chi connectivity index (χ3v) is 17.7. The van der Waals surface area contributed by atoms with E-state index in [9.17, 15) is 43.2 Å². The molecule has 0 spiro atoms. The summed E-state index contributed by atoms with van der Waals surface area (Å²) in [6.45, 7) is 13.9. The minimum atomic E-state index is -4.95. The topological polar surface area (TPSA) is 237 Å². The van der Waals surface area contributed by atoms with Gasteiger partial charge in [-0.25, -0.2) is 9.13 Å². The molecule has 0 aromatic carbocycles. The molecule has 19 heteroatoms. The Hall–Kier alpha value is -1.94. The van der Waals surface area contributed by atoms with E-state index in [4.69, 9.17) is 37.0 Å². The van der Waals surface area contributed by atoms with Gasteiger partial charge in [0.1, 0.15) is 19.3 Å². The summed E-state index contributed by atoms with van der Waals surface area (Å²) in [5.41, 5.74) is 0. The number of aliphatic hydroxyl groups excluding tert-OH is 1. The van der Waals surface area contributed by atoms with Crippen molar-refractivity contribution in [2.45, 2.75) is 356 Å². The standard InChI is InChI=1S/C69H134O17P2/c1-59(2)45-37-29-21-17-15-13-11-9-10-12-14-16-18-23-33-41-49-66(71)79-55-65(86-69(74)52-44-36-28-26-32-40-48-62(7)8)58-84-88(77,78)82-54-63(70)53-81-87(75,76)83-57-64(56-80-67(72)50-42-34-27-25-31-39-47-61(5)6)85-68(73)51-43-35-24-20-19-22-30-38-46-60(3)4/h59-65,70H,9-58H2,1-8H3,(H,75,76)(H,77,78)/t63-,64+,65+/m0/s1. The van der Waals surface area contributed by atoms with Crippen molar-refractivity contribution in [2.24, 2.45) is 23.7 Å². The van der Waals surface area contributed by atoms with E-state index in [-0.39, 0.29) is 25.7 Å². The largest absolute Gasteiger partial charge is 0.472 e. The van der Waals surface area contributed by atoms with Gasteiger partial charge in [-0.3, -0.25) is 37.3 Å². The third kappa shape index (κ3) is 62.8. The smallest absolute Gasteiger partial charge is 0.462 e. The van der Waals surface area contributed by atoms with Gasteiger partial charge in [0.05, 0.1) is 26.4 Å². The van der Waals surface area contributed by atoms with E-state index < -0.39 is 97.5 Å². The molecular formula is C69H134O17P2. The highest BCUT2D eigenvalue weighted by Gasteiger charge is 2.30. The molecule has 0 aliphatic carbocycles. The average molecular weight is 1300 g/mol. The highest BCUT2D eigenvalue weighted by molar-refractivity contribution is 7.47. The van der Waals surface area contributed by atoms with Crippen molar-refractivity contribution in [1.82, 2.24) is 0 Å². The number of aliphatic hydroxyl groups is 1. The van der Waals surface area contributed by atoms with Crippen LogP contribution in [0, 0.1) is 23.7 Å². The molecule has 88 heavy (non-hydrogen) atoms. The van der Waals surface area contributed by atoms with Gasteiger partial charge in [0, 0.05) is 25.7 Å². The van der Waals surface area contributed by atoms with Crippen molar-refractivity contribution in [2.75, 3.05) is 39.6 Å². The van der Waals surface area contributed by atoms with Crippen LogP contribution in [0.25, 0.3) is 0 Å². The van der Waals surface area contributed by atoms with Crippen LogP contribution in [-0.4, -0.2) is 96.7 Å². The monoisotopic (exact) mass is 1300 g/mol. The Kier molecular flexibility index (Phi) is 57.6. The number of phosphoric ester groups is 2. The maximum atomic E-state index is 13.0. The van der Waals surface area contributed by atoms with Crippen LogP contribution in [0.5, 0.6) is 0 Å². The lowest BCUT2D eigenvalue weighted by Crippen LogP contribution is -2.30. The van der Waals surface area contributed by atoms with Crippen LogP contribution < -0.4 is 0 Å². The van der Waals surface area contributed by atoms with Crippen molar-refractivity contribution in [1.29, 1.82) is 0 Å². The molecule has 522 valence electrons. The van der Waals surface area contributed by atoms with Crippen LogP contribution in [0.15, 0.2) is 0 Å². The van der Waals surface area contributed by atoms with Crippen LogP contribution in [0.2, 0.25) is 0 Å². The molecule has 0 amide bonds. The first-order valence-corrected chi connectivity index (χ1v) is 38.7. The summed E-state index contributed by atoms with van der Waals surface area (Å²) in [7, 11) is -9.90. The molecule has 2 unspecified atom stereocenters. The second kappa shape index (κ2) is 58.8. The van der Waals surface area contributed by atoms with E-state index in [1.807, 2.05) is 0 Å². The average Bonchev–Trinajstić information content (AvgIpc) is 3.33. The maximum Gasteiger partial charge on any atom is 0.472 e. The second-order valence-corrected chi connectivity index (χ2v) is 29.7.